The van der Waals surface area contributed by atoms with E-state index in [0.717, 1.165) is 18.1 Å². The zero-order valence-electron chi connectivity index (χ0n) is 12.4. The molecule has 0 aliphatic rings. The van der Waals surface area contributed by atoms with Gasteiger partial charge in [0.15, 0.2) is 0 Å². The summed E-state index contributed by atoms with van der Waals surface area (Å²) in [6, 6.07) is 12.5. The first-order valence-corrected chi connectivity index (χ1v) is 8.10. The molecule has 1 aromatic carbocycles. The van der Waals surface area contributed by atoms with E-state index in [1.807, 2.05) is 30.3 Å². The quantitative estimate of drug-likeness (QED) is 0.770. The van der Waals surface area contributed by atoms with E-state index in [-0.39, 0.29) is 6.61 Å². The number of anilines is 2. The molecular weight excluding hydrogens is 282 g/mol. The van der Waals surface area contributed by atoms with Gasteiger partial charge in [0.1, 0.15) is 5.82 Å². The van der Waals surface area contributed by atoms with Crippen LogP contribution in [0.3, 0.4) is 0 Å². The van der Waals surface area contributed by atoms with Gasteiger partial charge < -0.3 is 15.3 Å². The highest BCUT2D eigenvalue weighted by Crippen LogP contribution is 2.16. The Balaban J connectivity index is 1.90. The molecule has 0 fully saturated rings. The highest BCUT2D eigenvalue weighted by molar-refractivity contribution is 7.98. The molecule has 2 aromatic rings. The first-order valence-electron chi connectivity index (χ1n) is 6.88. The summed E-state index contributed by atoms with van der Waals surface area (Å²) in [6.07, 6.45) is 3.89. The van der Waals surface area contributed by atoms with Crippen LogP contribution in [0, 0.1) is 0 Å². The van der Waals surface area contributed by atoms with Gasteiger partial charge in [-0.2, -0.15) is 0 Å². The molecule has 0 saturated heterocycles. The summed E-state index contributed by atoms with van der Waals surface area (Å²) in [5, 5.41) is 12.2. The summed E-state index contributed by atoms with van der Waals surface area (Å²) in [4.78, 5) is 7.63. The third-order valence-corrected chi connectivity index (χ3v) is 4.00. The topological polar surface area (TPSA) is 48.4 Å². The molecule has 1 aromatic heterocycles. The monoisotopic (exact) mass is 303 g/mol. The molecule has 0 saturated carbocycles. The van der Waals surface area contributed by atoms with Crippen LogP contribution in [0.4, 0.5) is 11.5 Å². The van der Waals surface area contributed by atoms with Crippen LogP contribution in [0.15, 0.2) is 47.5 Å². The third-order valence-electron chi connectivity index (χ3n) is 3.26. The summed E-state index contributed by atoms with van der Waals surface area (Å²) in [5.41, 5.74) is 2.23. The number of pyridine rings is 1. The average Bonchev–Trinajstić information content (AvgIpc) is 2.54. The minimum atomic E-state index is 0.141. The first-order chi connectivity index (χ1) is 10.2. The van der Waals surface area contributed by atoms with E-state index in [4.69, 9.17) is 5.11 Å². The molecule has 2 N–H and O–H groups in total. The summed E-state index contributed by atoms with van der Waals surface area (Å²) < 4.78 is 0. The average molecular weight is 303 g/mol. The Kier molecular flexibility index (Phi) is 5.90. The van der Waals surface area contributed by atoms with Crippen LogP contribution in [0.5, 0.6) is 0 Å². The molecule has 0 spiro atoms. The Bertz CT molecular complexity index is 542. The van der Waals surface area contributed by atoms with E-state index in [2.05, 4.69) is 40.8 Å². The Morgan fingerprint density at radius 2 is 1.95 bits per heavy atom. The molecule has 0 amide bonds. The smallest absolute Gasteiger partial charge is 0.126 e. The van der Waals surface area contributed by atoms with Crippen LogP contribution >= 0.6 is 11.8 Å². The standard InChI is InChI=1S/C16H21N3OS/c1-19(9-10-20)14-5-8-16(18-12-14)17-11-13-3-6-15(21-2)7-4-13/h3-8,12,20H,9-11H2,1-2H3,(H,17,18). The first kappa shape index (κ1) is 15.7. The van der Waals surface area contributed by atoms with Crippen LogP contribution in [0.2, 0.25) is 0 Å². The van der Waals surface area contributed by atoms with E-state index < -0.39 is 0 Å². The zero-order valence-corrected chi connectivity index (χ0v) is 13.2. The molecule has 1 heterocycles. The molecule has 5 heteroatoms. The molecule has 2 rings (SSSR count). The van der Waals surface area contributed by atoms with E-state index >= 15 is 0 Å². The number of thioether (sulfide) groups is 1. The maximum atomic E-state index is 8.92. The van der Waals surface area contributed by atoms with E-state index in [0.29, 0.717) is 6.54 Å². The van der Waals surface area contributed by atoms with Crippen LogP contribution in [0.25, 0.3) is 0 Å². The number of nitrogens with one attached hydrogen (secondary N) is 1. The molecule has 0 unspecified atom stereocenters. The number of hydrogen-bond donors (Lipinski definition) is 2. The molecular formula is C16H21N3OS. The second-order valence-electron chi connectivity index (χ2n) is 4.75. The highest BCUT2D eigenvalue weighted by Gasteiger charge is 2.01. The van der Waals surface area contributed by atoms with Crippen LogP contribution in [0.1, 0.15) is 5.56 Å². The minimum absolute atomic E-state index is 0.141. The number of benzene rings is 1. The van der Waals surface area contributed by atoms with E-state index in [9.17, 15) is 0 Å². The number of likely N-dealkylation sites (N-methyl/N-ethyl adjacent to an activating group) is 1. The summed E-state index contributed by atoms with van der Waals surface area (Å²) in [5.74, 6) is 0.852. The predicted octanol–water partition coefficient (Wildman–Crippen LogP) is 2.84. The van der Waals surface area contributed by atoms with Gasteiger partial charge in [0.2, 0.25) is 0 Å². The van der Waals surface area contributed by atoms with Crippen molar-refractivity contribution in [1.29, 1.82) is 0 Å². The number of aliphatic hydroxyl groups excluding tert-OH is 1. The van der Waals surface area contributed by atoms with Crippen molar-refractivity contribution in [3.8, 4) is 0 Å². The highest BCUT2D eigenvalue weighted by atomic mass is 32.2. The number of nitrogens with zero attached hydrogens (tertiary/aromatic N) is 2. The van der Waals surface area contributed by atoms with Crippen molar-refractivity contribution in [1.82, 2.24) is 4.98 Å². The normalized spacial score (nSPS) is 10.4. The van der Waals surface area contributed by atoms with Gasteiger partial charge in [-0.3, -0.25) is 0 Å². The van der Waals surface area contributed by atoms with Gasteiger partial charge in [-0.1, -0.05) is 12.1 Å². The molecule has 0 bridgehead atoms. The Labute approximate surface area is 130 Å². The van der Waals surface area contributed by atoms with Crippen LogP contribution in [-0.4, -0.2) is 36.5 Å². The number of hydrogen-bond acceptors (Lipinski definition) is 5. The zero-order chi connectivity index (χ0) is 15.1. The molecule has 112 valence electrons. The summed E-state index contributed by atoms with van der Waals surface area (Å²) >= 11 is 1.74. The molecule has 4 nitrogen and oxygen atoms in total. The number of rotatable bonds is 7. The Hall–Kier alpha value is -1.72. The van der Waals surface area contributed by atoms with Gasteiger partial charge in [-0.15, -0.1) is 11.8 Å². The largest absolute Gasteiger partial charge is 0.395 e. The van der Waals surface area contributed by atoms with Gasteiger partial charge in [-0.05, 0) is 36.1 Å². The van der Waals surface area contributed by atoms with Crippen molar-refractivity contribution in [2.75, 3.05) is 36.7 Å². The molecule has 0 atom stereocenters. The van der Waals surface area contributed by atoms with Crippen LogP contribution < -0.4 is 10.2 Å². The van der Waals surface area contributed by atoms with Crippen molar-refractivity contribution >= 4 is 23.3 Å². The lowest BCUT2D eigenvalue weighted by atomic mass is 10.2. The lowest BCUT2D eigenvalue weighted by molar-refractivity contribution is 0.304. The molecule has 0 aliphatic carbocycles. The molecule has 21 heavy (non-hydrogen) atoms. The fraction of sp³-hybridized carbons (Fsp3) is 0.312. The Morgan fingerprint density at radius 3 is 2.52 bits per heavy atom. The summed E-state index contributed by atoms with van der Waals surface area (Å²) in [6.45, 7) is 1.51. The maximum absolute atomic E-state index is 8.92. The second kappa shape index (κ2) is 7.90. The summed E-state index contributed by atoms with van der Waals surface area (Å²) in [7, 11) is 1.94. The van der Waals surface area contributed by atoms with E-state index in [1.54, 1.807) is 11.8 Å². The van der Waals surface area contributed by atoms with Crippen molar-refractivity contribution in [2.24, 2.45) is 0 Å². The van der Waals surface area contributed by atoms with Crippen molar-refractivity contribution in [3.63, 3.8) is 0 Å². The van der Waals surface area contributed by atoms with Crippen molar-refractivity contribution < 1.29 is 5.11 Å². The van der Waals surface area contributed by atoms with Gasteiger partial charge in [0.25, 0.3) is 0 Å². The van der Waals surface area contributed by atoms with E-state index in [1.165, 1.54) is 10.5 Å². The van der Waals surface area contributed by atoms with Crippen molar-refractivity contribution in [2.45, 2.75) is 11.4 Å². The fourth-order valence-corrected chi connectivity index (χ4v) is 2.34. The van der Waals surface area contributed by atoms with Gasteiger partial charge >= 0.3 is 0 Å². The Morgan fingerprint density at radius 1 is 1.19 bits per heavy atom. The second-order valence-corrected chi connectivity index (χ2v) is 5.63. The lowest BCUT2D eigenvalue weighted by Gasteiger charge is -2.17. The van der Waals surface area contributed by atoms with Gasteiger partial charge in [0, 0.05) is 25.0 Å². The predicted molar refractivity (Wildman–Crippen MR) is 90.1 cm³/mol. The van der Waals surface area contributed by atoms with Gasteiger partial charge in [0.05, 0.1) is 18.5 Å². The van der Waals surface area contributed by atoms with Crippen LogP contribution in [-0.2, 0) is 6.54 Å². The third kappa shape index (κ3) is 4.65. The number of aromatic nitrogens is 1. The fourth-order valence-electron chi connectivity index (χ4n) is 1.93. The number of aliphatic hydroxyl groups is 1. The van der Waals surface area contributed by atoms with Crippen molar-refractivity contribution in [3.05, 3.63) is 48.2 Å². The molecule has 0 radical (unpaired) electrons. The lowest BCUT2D eigenvalue weighted by Crippen LogP contribution is -2.21. The van der Waals surface area contributed by atoms with Gasteiger partial charge in [-0.25, -0.2) is 4.98 Å². The minimum Gasteiger partial charge on any atom is -0.395 e. The molecule has 0 aliphatic heterocycles. The maximum Gasteiger partial charge on any atom is 0.126 e. The SMILES string of the molecule is CSc1ccc(CNc2ccc(N(C)CCO)cn2)cc1.